The van der Waals surface area contributed by atoms with Crippen LogP contribution in [0.25, 0.3) is 0 Å². The topological polar surface area (TPSA) is 78.6 Å². The maximum atomic E-state index is 12.9. The van der Waals surface area contributed by atoms with Crippen LogP contribution in [0.4, 0.5) is 0 Å². The first-order valence-corrected chi connectivity index (χ1v) is 11.7. The number of halogens is 1. The quantitative estimate of drug-likeness (QED) is 0.440. The van der Waals surface area contributed by atoms with E-state index in [-0.39, 0.29) is 35.2 Å². The zero-order chi connectivity index (χ0) is 22.1. The summed E-state index contributed by atoms with van der Waals surface area (Å²) in [7, 11) is 1.70. The Morgan fingerprint density at radius 3 is 2.77 bits per heavy atom. The van der Waals surface area contributed by atoms with Gasteiger partial charge in [-0.25, -0.2) is 4.79 Å². The lowest BCUT2D eigenvalue weighted by atomic mass is 9.55. The first-order valence-electron chi connectivity index (χ1n) is 11.3. The lowest BCUT2D eigenvalue weighted by molar-refractivity contribution is -0.142. The van der Waals surface area contributed by atoms with Gasteiger partial charge in [0.1, 0.15) is 6.61 Å². The van der Waals surface area contributed by atoms with Crippen molar-refractivity contribution in [2.75, 3.05) is 13.7 Å². The molecule has 3 aliphatic rings. The Labute approximate surface area is 189 Å². The average molecular weight is 446 g/mol. The van der Waals surface area contributed by atoms with E-state index in [9.17, 15) is 9.59 Å². The summed E-state index contributed by atoms with van der Waals surface area (Å²) >= 11 is 6.34. The van der Waals surface area contributed by atoms with Crippen LogP contribution >= 0.6 is 11.6 Å². The molecule has 2 atom stereocenters. The van der Waals surface area contributed by atoms with Gasteiger partial charge in [-0.1, -0.05) is 36.2 Å². The molecule has 5 nitrogen and oxygen atoms in total. The van der Waals surface area contributed by atoms with Crippen molar-refractivity contribution in [2.45, 2.75) is 64.4 Å². The minimum atomic E-state index is -0.353. The van der Waals surface area contributed by atoms with Crippen molar-refractivity contribution in [3.63, 3.8) is 0 Å². The van der Waals surface area contributed by atoms with Gasteiger partial charge in [0.2, 0.25) is 5.91 Å². The number of carbonyl (C=O) groups excluding carboxylic acids is 2. The smallest absolute Gasteiger partial charge is 0.334 e. The fourth-order valence-corrected chi connectivity index (χ4v) is 6.04. The number of fused-ring (bicyclic) bond motifs is 2. The van der Waals surface area contributed by atoms with Crippen LogP contribution in [0, 0.1) is 16.7 Å². The predicted molar refractivity (Wildman–Crippen MR) is 119 cm³/mol. The van der Waals surface area contributed by atoms with Gasteiger partial charge < -0.3 is 15.2 Å². The minimum Gasteiger partial charge on any atom is -0.457 e. The molecule has 0 aromatic heterocycles. The van der Waals surface area contributed by atoms with E-state index in [1.54, 1.807) is 7.11 Å². The highest BCUT2D eigenvalue weighted by Crippen LogP contribution is 2.68. The van der Waals surface area contributed by atoms with Crippen molar-refractivity contribution >= 4 is 23.5 Å². The molecule has 0 saturated heterocycles. The normalized spacial score (nSPS) is 26.1. The largest absolute Gasteiger partial charge is 0.457 e. The molecule has 4 rings (SSSR count). The Balaban J connectivity index is 1.42. The lowest BCUT2D eigenvalue weighted by Crippen LogP contribution is -2.46. The van der Waals surface area contributed by atoms with Crippen LogP contribution in [0.2, 0.25) is 5.02 Å². The van der Waals surface area contributed by atoms with E-state index in [1.165, 1.54) is 0 Å². The van der Waals surface area contributed by atoms with E-state index in [2.05, 4.69) is 0 Å². The summed E-state index contributed by atoms with van der Waals surface area (Å²) in [4.78, 5) is 25.1. The number of hydrogen-bond donors (Lipinski definition) is 1. The van der Waals surface area contributed by atoms with Crippen LogP contribution in [0.15, 0.2) is 29.8 Å². The van der Waals surface area contributed by atoms with Gasteiger partial charge in [0.05, 0.1) is 5.41 Å². The van der Waals surface area contributed by atoms with Gasteiger partial charge in [-0.05, 0) is 74.3 Å². The van der Waals surface area contributed by atoms with Gasteiger partial charge in [-0.2, -0.15) is 0 Å². The Kier molecular flexibility index (Phi) is 6.45. The number of esters is 1. The van der Waals surface area contributed by atoms with E-state index >= 15 is 0 Å². The number of allylic oxidation sites excluding steroid dienone is 1. The zero-order valence-corrected chi connectivity index (χ0v) is 19.0. The van der Waals surface area contributed by atoms with Gasteiger partial charge in [-0.15, -0.1) is 0 Å². The summed E-state index contributed by atoms with van der Waals surface area (Å²) < 4.78 is 10.8. The summed E-state index contributed by atoms with van der Waals surface area (Å²) in [5.74, 6) is -0.263. The Morgan fingerprint density at radius 1 is 1.26 bits per heavy atom. The third kappa shape index (κ3) is 4.27. The molecule has 0 heterocycles. The molecule has 2 saturated carbocycles. The predicted octanol–water partition coefficient (Wildman–Crippen LogP) is 4.73. The third-order valence-electron chi connectivity index (χ3n) is 7.75. The second-order valence-electron chi connectivity index (χ2n) is 9.48. The van der Waals surface area contributed by atoms with Gasteiger partial charge in [-0.3, -0.25) is 4.79 Å². The molecule has 3 aliphatic carbocycles. The van der Waals surface area contributed by atoms with Crippen molar-refractivity contribution in [1.29, 1.82) is 0 Å². The number of aryl methyl sites for hydroxylation is 1. The molecule has 0 spiro atoms. The van der Waals surface area contributed by atoms with Crippen molar-refractivity contribution in [3.05, 3.63) is 46.0 Å². The summed E-state index contributed by atoms with van der Waals surface area (Å²) in [6, 6.07) is 5.87. The van der Waals surface area contributed by atoms with Crippen LogP contribution in [0.1, 0.15) is 62.5 Å². The molecule has 168 valence electrons. The number of nitrogens with two attached hydrogens (primary N) is 1. The highest BCUT2D eigenvalue weighted by molar-refractivity contribution is 6.31. The molecule has 1 aromatic rings. The molecular formula is C25H32ClNO4. The highest BCUT2D eigenvalue weighted by Gasteiger charge is 2.64. The summed E-state index contributed by atoms with van der Waals surface area (Å²) in [6.07, 6.45) is 10.3. The number of amides is 1. The van der Waals surface area contributed by atoms with E-state index in [0.29, 0.717) is 11.6 Å². The first-order chi connectivity index (χ1) is 14.9. The molecule has 2 fully saturated rings. The van der Waals surface area contributed by atoms with Gasteiger partial charge in [0.25, 0.3) is 0 Å². The fourth-order valence-electron chi connectivity index (χ4n) is 5.87. The number of hydrogen-bond acceptors (Lipinski definition) is 4. The highest BCUT2D eigenvalue weighted by atomic mass is 35.5. The zero-order valence-electron chi connectivity index (χ0n) is 18.3. The Bertz CT molecular complexity index is 892. The van der Waals surface area contributed by atoms with Gasteiger partial charge in [0, 0.05) is 29.9 Å². The lowest BCUT2D eigenvalue weighted by Gasteiger charge is -2.48. The van der Waals surface area contributed by atoms with Crippen molar-refractivity contribution in [3.8, 4) is 0 Å². The van der Waals surface area contributed by atoms with E-state index in [4.69, 9.17) is 26.8 Å². The Hall–Kier alpha value is -1.85. The van der Waals surface area contributed by atoms with Gasteiger partial charge in [0.15, 0.2) is 0 Å². The standard InChI is InChI=1S/C25H32ClNO4/c1-30-13-3-4-17-6-7-21(26)19(14-17)16-31-22(28)20-8-10-24(9-2-5-18(20)15-24)25(11-12-25)23(27)29/h6-8,14,18H,2-5,9-13,15-16H2,1H3,(H2,27,29). The summed E-state index contributed by atoms with van der Waals surface area (Å²) in [6.45, 7) is 0.872. The second-order valence-corrected chi connectivity index (χ2v) is 9.89. The van der Waals surface area contributed by atoms with Gasteiger partial charge >= 0.3 is 5.97 Å². The number of primary amides is 1. The number of ether oxygens (including phenoxy) is 2. The summed E-state index contributed by atoms with van der Waals surface area (Å²) in [5.41, 5.74) is 8.12. The molecule has 1 aromatic carbocycles. The number of methoxy groups -OCH3 is 1. The van der Waals surface area contributed by atoms with Crippen LogP contribution in [-0.4, -0.2) is 25.6 Å². The van der Waals surface area contributed by atoms with E-state index in [1.807, 2.05) is 24.3 Å². The SMILES string of the molecule is COCCCc1ccc(Cl)c(COC(=O)C2=CCC3(C4(C(N)=O)CC4)CCCC2C3)c1. The molecule has 6 heteroatoms. The van der Waals surface area contributed by atoms with Crippen LogP contribution < -0.4 is 5.73 Å². The molecule has 31 heavy (non-hydrogen) atoms. The molecule has 0 aliphatic heterocycles. The molecule has 2 bridgehead atoms. The Morgan fingerprint density at radius 2 is 2.06 bits per heavy atom. The average Bonchev–Trinajstić information content (AvgIpc) is 3.57. The van der Waals surface area contributed by atoms with Crippen molar-refractivity contribution in [1.82, 2.24) is 0 Å². The van der Waals surface area contributed by atoms with Crippen LogP contribution in [0.3, 0.4) is 0 Å². The number of carbonyl (C=O) groups is 2. The maximum absolute atomic E-state index is 12.9. The number of benzene rings is 1. The molecule has 2 unspecified atom stereocenters. The maximum Gasteiger partial charge on any atom is 0.334 e. The molecule has 2 N–H and O–H groups in total. The fraction of sp³-hybridized carbons (Fsp3) is 0.600. The van der Waals surface area contributed by atoms with Crippen molar-refractivity contribution < 1.29 is 19.1 Å². The van der Waals surface area contributed by atoms with Crippen LogP contribution in [0.5, 0.6) is 0 Å². The summed E-state index contributed by atoms with van der Waals surface area (Å²) in [5, 5.41) is 0.606. The van der Waals surface area contributed by atoms with Crippen molar-refractivity contribution in [2.24, 2.45) is 22.5 Å². The van der Waals surface area contributed by atoms with E-state index < -0.39 is 0 Å². The van der Waals surface area contributed by atoms with Crippen LogP contribution in [-0.2, 0) is 32.1 Å². The second kappa shape index (κ2) is 8.95. The first kappa shape index (κ1) is 22.3. The molecular weight excluding hydrogens is 414 g/mol. The monoisotopic (exact) mass is 445 g/mol. The molecule has 1 amide bonds. The minimum absolute atomic E-state index is 0.0641. The van der Waals surface area contributed by atoms with E-state index in [0.717, 1.165) is 74.5 Å². The molecule has 0 radical (unpaired) electrons. The number of rotatable bonds is 9. The third-order valence-corrected chi connectivity index (χ3v) is 8.12.